The lowest BCUT2D eigenvalue weighted by molar-refractivity contribution is -0.104. The fourth-order valence-electron chi connectivity index (χ4n) is 0.483. The zero-order chi connectivity index (χ0) is 7.98. The van der Waals surface area contributed by atoms with Crippen molar-refractivity contribution in [2.75, 3.05) is 13.1 Å². The number of nitrogens with one attached hydrogen (secondary N) is 1. The van der Waals surface area contributed by atoms with Crippen LogP contribution in [0.25, 0.3) is 0 Å². The Morgan fingerprint density at radius 3 is 2.90 bits per heavy atom. The minimum Gasteiger partial charge on any atom is -0.392 e. The molecule has 0 aromatic rings. The second-order valence-corrected chi connectivity index (χ2v) is 2.26. The van der Waals surface area contributed by atoms with Gasteiger partial charge in [-0.15, -0.1) is 0 Å². The molecule has 1 unspecified atom stereocenters. The Kier molecular flexibility index (Phi) is 4.80. The number of aldehydes is 1. The molecule has 0 aromatic carbocycles. The van der Waals surface area contributed by atoms with Crippen molar-refractivity contribution in [1.29, 1.82) is 0 Å². The van der Waals surface area contributed by atoms with Gasteiger partial charge in [0.2, 0.25) is 0 Å². The van der Waals surface area contributed by atoms with E-state index < -0.39 is 0 Å². The molecule has 0 spiro atoms. The molecule has 58 valence electrons. The van der Waals surface area contributed by atoms with Crippen molar-refractivity contribution in [2.45, 2.75) is 13.0 Å². The van der Waals surface area contributed by atoms with Crippen LogP contribution in [0.4, 0.5) is 0 Å². The van der Waals surface area contributed by atoms with Gasteiger partial charge in [0.15, 0.2) is 0 Å². The van der Waals surface area contributed by atoms with Gasteiger partial charge in [-0.2, -0.15) is 0 Å². The summed E-state index contributed by atoms with van der Waals surface area (Å²) < 4.78 is 0. The molecule has 0 bridgehead atoms. The van der Waals surface area contributed by atoms with Gasteiger partial charge in [-0.1, -0.05) is 6.58 Å². The van der Waals surface area contributed by atoms with Crippen LogP contribution < -0.4 is 5.32 Å². The van der Waals surface area contributed by atoms with E-state index >= 15 is 0 Å². The van der Waals surface area contributed by atoms with Crippen LogP contribution in [-0.2, 0) is 4.79 Å². The van der Waals surface area contributed by atoms with Crippen LogP contribution in [0.5, 0.6) is 0 Å². The molecule has 0 aliphatic heterocycles. The molecule has 2 N–H and O–H groups in total. The van der Waals surface area contributed by atoms with Crippen molar-refractivity contribution < 1.29 is 9.90 Å². The third-order valence-electron chi connectivity index (χ3n) is 0.958. The topological polar surface area (TPSA) is 49.3 Å². The van der Waals surface area contributed by atoms with Gasteiger partial charge in [0.05, 0.1) is 6.10 Å². The van der Waals surface area contributed by atoms with Gasteiger partial charge in [0.1, 0.15) is 6.29 Å². The van der Waals surface area contributed by atoms with Crippen LogP contribution in [0, 0.1) is 0 Å². The fourth-order valence-corrected chi connectivity index (χ4v) is 0.483. The van der Waals surface area contributed by atoms with Crippen LogP contribution in [0.15, 0.2) is 12.2 Å². The summed E-state index contributed by atoms with van der Waals surface area (Å²) in [7, 11) is 0. The Hall–Kier alpha value is -0.670. The van der Waals surface area contributed by atoms with E-state index in [1.54, 1.807) is 6.92 Å². The lowest BCUT2D eigenvalue weighted by atomic mass is 10.3. The molecule has 10 heavy (non-hydrogen) atoms. The van der Waals surface area contributed by atoms with E-state index in [1.165, 1.54) is 0 Å². The Bertz CT molecular complexity index is 121. The molecule has 3 nitrogen and oxygen atoms in total. The molecule has 0 aliphatic rings. The van der Waals surface area contributed by atoms with Crippen molar-refractivity contribution >= 4 is 6.29 Å². The number of aliphatic hydroxyl groups is 1. The van der Waals surface area contributed by atoms with Gasteiger partial charge in [-0.3, -0.25) is 4.79 Å². The summed E-state index contributed by atoms with van der Waals surface area (Å²) in [5.74, 6) is 0. The van der Waals surface area contributed by atoms with E-state index in [0.29, 0.717) is 24.9 Å². The summed E-state index contributed by atoms with van der Waals surface area (Å²) in [6.45, 7) is 6.08. The van der Waals surface area contributed by atoms with Crippen molar-refractivity contribution in [3.8, 4) is 0 Å². The van der Waals surface area contributed by atoms with Crippen molar-refractivity contribution in [3.63, 3.8) is 0 Å². The molecule has 0 aliphatic carbocycles. The standard InChI is InChI=1S/C7H13NO2/c1-6(5-9)3-8-4-7(2)10/h5,7-8,10H,1,3-4H2,2H3. The summed E-state index contributed by atoms with van der Waals surface area (Å²) in [4.78, 5) is 9.98. The van der Waals surface area contributed by atoms with E-state index in [0.717, 1.165) is 0 Å². The second kappa shape index (κ2) is 5.14. The van der Waals surface area contributed by atoms with Crippen molar-refractivity contribution in [3.05, 3.63) is 12.2 Å². The number of hydrogen-bond donors (Lipinski definition) is 2. The van der Waals surface area contributed by atoms with Gasteiger partial charge in [0, 0.05) is 13.1 Å². The summed E-state index contributed by atoms with van der Waals surface area (Å²) in [5, 5.41) is 11.6. The Morgan fingerprint density at radius 2 is 2.50 bits per heavy atom. The van der Waals surface area contributed by atoms with E-state index in [9.17, 15) is 4.79 Å². The van der Waals surface area contributed by atoms with Crippen LogP contribution >= 0.6 is 0 Å². The molecule has 0 radical (unpaired) electrons. The maximum atomic E-state index is 9.98. The summed E-state index contributed by atoms with van der Waals surface area (Å²) >= 11 is 0. The maximum Gasteiger partial charge on any atom is 0.146 e. The first kappa shape index (κ1) is 9.33. The predicted octanol–water partition coefficient (Wildman–Crippen LogP) is -0.288. The molecular weight excluding hydrogens is 130 g/mol. The molecule has 0 rings (SSSR count). The average molecular weight is 143 g/mol. The van der Waals surface area contributed by atoms with Gasteiger partial charge in [-0.05, 0) is 12.5 Å². The van der Waals surface area contributed by atoms with E-state index in [-0.39, 0.29) is 6.10 Å². The number of hydrogen-bond acceptors (Lipinski definition) is 3. The monoisotopic (exact) mass is 143 g/mol. The highest BCUT2D eigenvalue weighted by atomic mass is 16.3. The number of carbonyl (C=O) groups excluding carboxylic acids is 1. The molecular formula is C7H13NO2. The average Bonchev–Trinajstić information content (AvgIpc) is 1.87. The first-order chi connectivity index (χ1) is 4.66. The molecule has 0 saturated carbocycles. The second-order valence-electron chi connectivity index (χ2n) is 2.26. The van der Waals surface area contributed by atoms with Crippen molar-refractivity contribution in [1.82, 2.24) is 5.32 Å². The molecule has 0 fully saturated rings. The van der Waals surface area contributed by atoms with Crippen LogP contribution in [-0.4, -0.2) is 30.6 Å². The largest absolute Gasteiger partial charge is 0.392 e. The highest BCUT2D eigenvalue weighted by Crippen LogP contribution is 1.80. The molecule has 3 heteroatoms. The summed E-state index contributed by atoms with van der Waals surface area (Å²) in [6, 6.07) is 0. The predicted molar refractivity (Wildman–Crippen MR) is 39.8 cm³/mol. The quantitative estimate of drug-likeness (QED) is 0.411. The lowest BCUT2D eigenvalue weighted by Gasteiger charge is -2.04. The van der Waals surface area contributed by atoms with Gasteiger partial charge in [-0.25, -0.2) is 0 Å². The van der Waals surface area contributed by atoms with Crippen molar-refractivity contribution in [2.24, 2.45) is 0 Å². The molecule has 0 heterocycles. The molecule has 1 atom stereocenters. The minimum atomic E-state index is -0.376. The number of rotatable bonds is 5. The number of carbonyl (C=O) groups is 1. The van der Waals surface area contributed by atoms with E-state index in [4.69, 9.17) is 5.11 Å². The Morgan fingerprint density at radius 1 is 1.90 bits per heavy atom. The third-order valence-corrected chi connectivity index (χ3v) is 0.958. The maximum absolute atomic E-state index is 9.98. The smallest absolute Gasteiger partial charge is 0.146 e. The first-order valence-corrected chi connectivity index (χ1v) is 3.18. The van der Waals surface area contributed by atoms with E-state index in [1.807, 2.05) is 0 Å². The van der Waals surface area contributed by atoms with Gasteiger partial charge < -0.3 is 10.4 Å². The third kappa shape index (κ3) is 5.47. The Labute approximate surface area is 60.7 Å². The van der Waals surface area contributed by atoms with Gasteiger partial charge in [0.25, 0.3) is 0 Å². The highest BCUT2D eigenvalue weighted by molar-refractivity contribution is 5.72. The lowest BCUT2D eigenvalue weighted by Crippen LogP contribution is -2.26. The van der Waals surface area contributed by atoms with Crippen LogP contribution in [0.3, 0.4) is 0 Å². The van der Waals surface area contributed by atoms with Crippen LogP contribution in [0.2, 0.25) is 0 Å². The van der Waals surface area contributed by atoms with Crippen LogP contribution in [0.1, 0.15) is 6.92 Å². The SMILES string of the molecule is C=C(C=O)CNCC(C)O. The molecule has 0 saturated heterocycles. The molecule has 0 amide bonds. The summed E-state index contributed by atoms with van der Waals surface area (Å²) in [5.41, 5.74) is 0.501. The normalized spacial score (nSPS) is 12.6. The zero-order valence-corrected chi connectivity index (χ0v) is 6.13. The highest BCUT2D eigenvalue weighted by Gasteiger charge is 1.94. The fraction of sp³-hybridized carbons (Fsp3) is 0.571. The molecule has 0 aromatic heterocycles. The summed E-state index contributed by atoms with van der Waals surface area (Å²) in [6.07, 6.45) is 0.328. The zero-order valence-electron chi connectivity index (χ0n) is 6.13. The van der Waals surface area contributed by atoms with Gasteiger partial charge >= 0.3 is 0 Å². The van der Waals surface area contributed by atoms with E-state index in [2.05, 4.69) is 11.9 Å². The first-order valence-electron chi connectivity index (χ1n) is 3.18. The minimum absolute atomic E-state index is 0.376. The Balaban J connectivity index is 3.19. The number of aliphatic hydroxyl groups excluding tert-OH is 1.